The van der Waals surface area contributed by atoms with Crippen molar-refractivity contribution >= 4 is 33.3 Å². The number of aromatic nitrogens is 3. The topological polar surface area (TPSA) is 79.2 Å². The van der Waals surface area contributed by atoms with Crippen molar-refractivity contribution in [3.05, 3.63) is 34.8 Å². The Bertz CT molecular complexity index is 877. The van der Waals surface area contributed by atoms with Crippen molar-refractivity contribution in [2.45, 2.75) is 13.8 Å². The molecule has 6 nitrogen and oxygen atoms in total. The van der Waals surface area contributed by atoms with Crippen molar-refractivity contribution in [2.24, 2.45) is 0 Å². The molecule has 23 heavy (non-hydrogen) atoms. The van der Waals surface area contributed by atoms with Crippen LogP contribution >= 0.6 is 11.3 Å². The number of carboxylic acids is 1. The van der Waals surface area contributed by atoms with E-state index in [0.29, 0.717) is 17.3 Å². The highest BCUT2D eigenvalue weighted by Gasteiger charge is 2.19. The first kappa shape index (κ1) is 15.4. The minimum Gasteiger partial charge on any atom is -0.480 e. The number of hydrogen-bond acceptors (Lipinski definition) is 6. The molecule has 0 aromatic carbocycles. The van der Waals surface area contributed by atoms with Crippen LogP contribution in [0.25, 0.3) is 21.7 Å². The van der Waals surface area contributed by atoms with Gasteiger partial charge in [0.15, 0.2) is 5.82 Å². The van der Waals surface area contributed by atoms with Crippen LogP contribution in [0.4, 0.5) is 5.82 Å². The van der Waals surface area contributed by atoms with Crippen molar-refractivity contribution in [3.63, 3.8) is 0 Å². The summed E-state index contributed by atoms with van der Waals surface area (Å²) in [5.74, 6) is 0.231. The molecule has 0 radical (unpaired) electrons. The summed E-state index contributed by atoms with van der Waals surface area (Å²) in [6, 6.07) is 5.55. The number of pyridine rings is 1. The van der Waals surface area contributed by atoms with Gasteiger partial charge in [-0.25, -0.2) is 9.97 Å². The van der Waals surface area contributed by atoms with Crippen LogP contribution in [0.1, 0.15) is 10.4 Å². The number of likely N-dealkylation sites (N-methyl/N-ethyl adjacent to an activating group) is 1. The first-order valence-electron chi connectivity index (χ1n) is 7.09. The zero-order chi connectivity index (χ0) is 16.6. The maximum atomic E-state index is 11.1. The predicted octanol–water partition coefficient (Wildman–Crippen LogP) is 2.89. The Hall–Kier alpha value is -2.54. The summed E-state index contributed by atoms with van der Waals surface area (Å²) < 4.78 is 0. The lowest BCUT2D eigenvalue weighted by atomic mass is 10.2. The second kappa shape index (κ2) is 5.92. The summed E-state index contributed by atoms with van der Waals surface area (Å²) in [6.07, 6.45) is 1.69. The molecule has 7 heteroatoms. The summed E-state index contributed by atoms with van der Waals surface area (Å²) in [7, 11) is 1.73. The fraction of sp³-hybridized carbons (Fsp3) is 0.250. The summed E-state index contributed by atoms with van der Waals surface area (Å²) in [4.78, 5) is 28.2. The van der Waals surface area contributed by atoms with Crippen LogP contribution in [0.2, 0.25) is 0 Å². The smallest absolute Gasteiger partial charge is 0.323 e. The number of rotatable bonds is 4. The Morgan fingerprint density at radius 1 is 1.30 bits per heavy atom. The Morgan fingerprint density at radius 2 is 2.09 bits per heavy atom. The van der Waals surface area contributed by atoms with Crippen molar-refractivity contribution in [2.75, 3.05) is 18.5 Å². The van der Waals surface area contributed by atoms with Gasteiger partial charge in [-0.15, -0.1) is 11.3 Å². The third kappa shape index (κ3) is 2.87. The number of hydrogen-bond donors (Lipinski definition) is 1. The molecule has 0 amide bonds. The molecule has 0 fully saturated rings. The van der Waals surface area contributed by atoms with Crippen LogP contribution < -0.4 is 4.90 Å². The molecule has 0 aliphatic carbocycles. The molecule has 3 heterocycles. The first-order chi connectivity index (χ1) is 11.0. The van der Waals surface area contributed by atoms with Crippen molar-refractivity contribution in [1.82, 2.24) is 15.0 Å². The largest absolute Gasteiger partial charge is 0.480 e. The van der Waals surface area contributed by atoms with Gasteiger partial charge in [-0.1, -0.05) is 6.07 Å². The second-order valence-electron chi connectivity index (χ2n) is 5.30. The SMILES string of the molecule is Cc1sc2nc(-c3ccccn3)nc(N(C)CC(=O)O)c2c1C. The van der Waals surface area contributed by atoms with E-state index < -0.39 is 5.97 Å². The molecule has 118 valence electrons. The Balaban J connectivity index is 2.24. The second-order valence-corrected chi connectivity index (χ2v) is 6.50. The van der Waals surface area contributed by atoms with Gasteiger partial charge < -0.3 is 10.0 Å². The van der Waals surface area contributed by atoms with E-state index in [1.54, 1.807) is 29.5 Å². The van der Waals surface area contributed by atoms with E-state index in [0.717, 1.165) is 20.7 Å². The number of carboxylic acid groups (broad SMARTS) is 1. The first-order valence-corrected chi connectivity index (χ1v) is 7.91. The zero-order valence-electron chi connectivity index (χ0n) is 13.1. The minimum absolute atomic E-state index is 0.123. The molecule has 0 saturated carbocycles. The molecular formula is C16H16N4O2S. The summed E-state index contributed by atoms with van der Waals surface area (Å²) >= 11 is 1.59. The normalized spacial score (nSPS) is 10.9. The number of aryl methyl sites for hydroxylation is 2. The van der Waals surface area contributed by atoms with Gasteiger partial charge in [-0.05, 0) is 31.5 Å². The van der Waals surface area contributed by atoms with E-state index >= 15 is 0 Å². The zero-order valence-corrected chi connectivity index (χ0v) is 13.9. The van der Waals surface area contributed by atoms with Gasteiger partial charge in [0.2, 0.25) is 0 Å². The number of fused-ring (bicyclic) bond motifs is 1. The maximum Gasteiger partial charge on any atom is 0.323 e. The Kier molecular flexibility index (Phi) is 3.96. The molecule has 0 unspecified atom stereocenters. The summed E-state index contributed by atoms with van der Waals surface area (Å²) in [6.45, 7) is 3.92. The molecule has 0 aliphatic heterocycles. The average molecular weight is 328 g/mol. The third-order valence-electron chi connectivity index (χ3n) is 3.64. The Labute approximate surface area is 137 Å². The summed E-state index contributed by atoms with van der Waals surface area (Å²) in [5.41, 5.74) is 1.76. The predicted molar refractivity (Wildman–Crippen MR) is 91.0 cm³/mol. The lowest BCUT2D eigenvalue weighted by molar-refractivity contribution is -0.135. The molecule has 3 aromatic heterocycles. The van der Waals surface area contributed by atoms with Crippen LogP contribution in [0, 0.1) is 13.8 Å². The van der Waals surface area contributed by atoms with Crippen LogP contribution in [0.15, 0.2) is 24.4 Å². The highest BCUT2D eigenvalue weighted by molar-refractivity contribution is 7.18. The molecule has 3 aromatic rings. The van der Waals surface area contributed by atoms with Gasteiger partial charge in [0.1, 0.15) is 22.9 Å². The van der Waals surface area contributed by atoms with Crippen molar-refractivity contribution in [3.8, 4) is 11.5 Å². The molecule has 1 N–H and O–H groups in total. The van der Waals surface area contributed by atoms with E-state index in [2.05, 4.69) is 15.0 Å². The van der Waals surface area contributed by atoms with Gasteiger partial charge in [-0.2, -0.15) is 0 Å². The average Bonchev–Trinajstić information content (AvgIpc) is 2.81. The van der Waals surface area contributed by atoms with Crippen LogP contribution in [-0.4, -0.2) is 39.6 Å². The van der Waals surface area contributed by atoms with E-state index in [4.69, 9.17) is 5.11 Å². The highest BCUT2D eigenvalue weighted by Crippen LogP contribution is 2.35. The monoisotopic (exact) mass is 328 g/mol. The van der Waals surface area contributed by atoms with E-state index in [1.807, 2.05) is 32.0 Å². The van der Waals surface area contributed by atoms with Gasteiger partial charge >= 0.3 is 5.97 Å². The maximum absolute atomic E-state index is 11.1. The number of aliphatic carboxylic acids is 1. The van der Waals surface area contributed by atoms with Crippen LogP contribution in [0.5, 0.6) is 0 Å². The minimum atomic E-state index is -0.900. The molecule has 0 atom stereocenters. The van der Waals surface area contributed by atoms with Gasteiger partial charge in [0.05, 0.1) is 5.39 Å². The third-order valence-corrected chi connectivity index (χ3v) is 4.74. The van der Waals surface area contributed by atoms with Gasteiger partial charge in [0, 0.05) is 18.1 Å². The van der Waals surface area contributed by atoms with Crippen LogP contribution in [-0.2, 0) is 4.79 Å². The fourth-order valence-corrected chi connectivity index (χ4v) is 3.42. The number of anilines is 1. The van der Waals surface area contributed by atoms with Crippen molar-refractivity contribution in [1.29, 1.82) is 0 Å². The number of thiophene rings is 1. The lowest BCUT2D eigenvalue weighted by Crippen LogP contribution is -2.26. The summed E-state index contributed by atoms with van der Waals surface area (Å²) in [5, 5.41) is 10.00. The molecule has 0 aliphatic rings. The lowest BCUT2D eigenvalue weighted by Gasteiger charge is -2.17. The molecule has 0 bridgehead atoms. The van der Waals surface area contributed by atoms with E-state index in [9.17, 15) is 4.79 Å². The van der Waals surface area contributed by atoms with Crippen molar-refractivity contribution < 1.29 is 9.90 Å². The number of carbonyl (C=O) groups is 1. The van der Waals surface area contributed by atoms with Gasteiger partial charge in [0.25, 0.3) is 0 Å². The van der Waals surface area contributed by atoms with E-state index in [-0.39, 0.29) is 6.54 Å². The quantitative estimate of drug-likeness (QED) is 0.793. The van der Waals surface area contributed by atoms with E-state index in [1.165, 1.54) is 0 Å². The molecular weight excluding hydrogens is 312 g/mol. The number of nitrogens with zero attached hydrogens (tertiary/aromatic N) is 4. The van der Waals surface area contributed by atoms with Gasteiger partial charge in [-0.3, -0.25) is 9.78 Å². The standard InChI is InChI=1S/C16H16N4O2S/c1-9-10(2)23-16-13(9)15(20(3)8-12(21)22)18-14(19-16)11-6-4-5-7-17-11/h4-7H,8H2,1-3H3,(H,21,22). The highest BCUT2D eigenvalue weighted by atomic mass is 32.1. The Morgan fingerprint density at radius 3 is 2.74 bits per heavy atom. The molecule has 0 spiro atoms. The molecule has 3 rings (SSSR count). The van der Waals surface area contributed by atoms with Crippen LogP contribution in [0.3, 0.4) is 0 Å². The molecule has 0 saturated heterocycles. The fourth-order valence-electron chi connectivity index (χ4n) is 2.39.